The Bertz CT molecular complexity index is 679. The first-order valence-electron chi connectivity index (χ1n) is 5.62. The topological polar surface area (TPSA) is 26.3 Å². The fourth-order valence-electron chi connectivity index (χ4n) is 1.57. The standard InChI is InChI=1S/C14H7F5O2/c15-9-2-1-3-10(7-9)21-13(20)8-4-5-11(12(16)6-8)14(17,18)19/h1-7H. The van der Waals surface area contributed by atoms with Crippen LogP contribution in [0.4, 0.5) is 22.0 Å². The molecule has 0 unspecified atom stereocenters. The lowest BCUT2D eigenvalue weighted by molar-refractivity contribution is -0.140. The molecule has 110 valence electrons. The fraction of sp³-hybridized carbons (Fsp3) is 0.0714. The second-order valence-electron chi connectivity index (χ2n) is 4.04. The van der Waals surface area contributed by atoms with Gasteiger partial charge < -0.3 is 4.74 Å². The summed E-state index contributed by atoms with van der Waals surface area (Å²) >= 11 is 0. The minimum Gasteiger partial charge on any atom is -0.423 e. The highest BCUT2D eigenvalue weighted by Gasteiger charge is 2.34. The van der Waals surface area contributed by atoms with E-state index in [1.165, 1.54) is 12.1 Å². The summed E-state index contributed by atoms with van der Waals surface area (Å²) in [7, 11) is 0. The van der Waals surface area contributed by atoms with E-state index in [9.17, 15) is 26.7 Å². The SMILES string of the molecule is O=C(Oc1cccc(F)c1)c1ccc(C(F)(F)F)c(F)c1. The van der Waals surface area contributed by atoms with Gasteiger partial charge in [-0.1, -0.05) is 6.07 Å². The molecule has 0 spiro atoms. The molecule has 0 aliphatic heterocycles. The Balaban J connectivity index is 2.23. The van der Waals surface area contributed by atoms with Crippen molar-refractivity contribution in [3.8, 4) is 5.75 Å². The van der Waals surface area contributed by atoms with Crippen LogP contribution in [0, 0.1) is 11.6 Å². The predicted octanol–water partition coefficient (Wildman–Crippen LogP) is 4.20. The largest absolute Gasteiger partial charge is 0.423 e. The van der Waals surface area contributed by atoms with Gasteiger partial charge in [-0.2, -0.15) is 13.2 Å². The molecule has 0 radical (unpaired) electrons. The number of esters is 1. The number of carbonyl (C=O) groups excluding carboxylic acids is 1. The summed E-state index contributed by atoms with van der Waals surface area (Å²) in [5.74, 6) is -3.47. The monoisotopic (exact) mass is 302 g/mol. The first-order valence-corrected chi connectivity index (χ1v) is 5.62. The van der Waals surface area contributed by atoms with Crippen LogP contribution < -0.4 is 4.74 Å². The molecule has 7 heteroatoms. The van der Waals surface area contributed by atoms with Crippen molar-refractivity contribution in [3.63, 3.8) is 0 Å². The van der Waals surface area contributed by atoms with E-state index in [1.807, 2.05) is 0 Å². The van der Waals surface area contributed by atoms with E-state index in [1.54, 1.807) is 0 Å². The number of ether oxygens (including phenoxy) is 1. The summed E-state index contributed by atoms with van der Waals surface area (Å²) in [6.45, 7) is 0. The van der Waals surface area contributed by atoms with Crippen molar-refractivity contribution in [2.75, 3.05) is 0 Å². The first-order chi connectivity index (χ1) is 9.77. The molecule has 0 heterocycles. The van der Waals surface area contributed by atoms with Crippen molar-refractivity contribution >= 4 is 5.97 Å². The van der Waals surface area contributed by atoms with Crippen LogP contribution in [0.15, 0.2) is 42.5 Å². The zero-order valence-corrected chi connectivity index (χ0v) is 10.2. The molecule has 0 aromatic heterocycles. The zero-order valence-electron chi connectivity index (χ0n) is 10.2. The van der Waals surface area contributed by atoms with Gasteiger partial charge in [0.1, 0.15) is 17.4 Å². The van der Waals surface area contributed by atoms with Crippen LogP contribution in [0.25, 0.3) is 0 Å². The number of hydrogen-bond acceptors (Lipinski definition) is 2. The molecule has 2 nitrogen and oxygen atoms in total. The third-order valence-electron chi connectivity index (χ3n) is 2.52. The van der Waals surface area contributed by atoms with Gasteiger partial charge in [0.15, 0.2) is 0 Å². The maximum absolute atomic E-state index is 13.3. The molecular formula is C14H7F5O2. The fourth-order valence-corrected chi connectivity index (χ4v) is 1.57. The van der Waals surface area contributed by atoms with Gasteiger partial charge in [-0.25, -0.2) is 13.6 Å². The van der Waals surface area contributed by atoms with Gasteiger partial charge in [0, 0.05) is 6.07 Å². The van der Waals surface area contributed by atoms with Gasteiger partial charge in [0.05, 0.1) is 11.1 Å². The van der Waals surface area contributed by atoms with Crippen LogP contribution in [0.2, 0.25) is 0 Å². The molecule has 2 aromatic rings. The Labute approximate surface area is 115 Å². The molecule has 21 heavy (non-hydrogen) atoms. The second kappa shape index (κ2) is 5.51. The van der Waals surface area contributed by atoms with E-state index in [0.717, 1.165) is 18.2 Å². The highest BCUT2D eigenvalue weighted by atomic mass is 19.4. The summed E-state index contributed by atoms with van der Waals surface area (Å²) < 4.78 is 68.1. The zero-order chi connectivity index (χ0) is 15.6. The summed E-state index contributed by atoms with van der Waals surface area (Å²) in [6, 6.07) is 6.25. The molecular weight excluding hydrogens is 295 g/mol. The average Bonchev–Trinajstić information content (AvgIpc) is 2.37. The molecule has 0 N–H and O–H groups in total. The maximum atomic E-state index is 13.3. The molecule has 0 bridgehead atoms. The molecule has 0 saturated carbocycles. The van der Waals surface area contributed by atoms with Gasteiger partial charge in [-0.15, -0.1) is 0 Å². The Hall–Kier alpha value is -2.44. The number of hydrogen-bond donors (Lipinski definition) is 0. The van der Waals surface area contributed by atoms with Crippen molar-refractivity contribution in [1.82, 2.24) is 0 Å². The number of carbonyl (C=O) groups is 1. The van der Waals surface area contributed by atoms with E-state index in [4.69, 9.17) is 4.74 Å². The Morgan fingerprint density at radius 3 is 2.29 bits per heavy atom. The van der Waals surface area contributed by atoms with Crippen LogP contribution in [0.5, 0.6) is 5.75 Å². The molecule has 0 atom stereocenters. The van der Waals surface area contributed by atoms with Crippen molar-refractivity contribution < 1.29 is 31.5 Å². The van der Waals surface area contributed by atoms with Crippen LogP contribution in [0.1, 0.15) is 15.9 Å². The van der Waals surface area contributed by atoms with Crippen LogP contribution in [-0.2, 0) is 6.18 Å². The summed E-state index contributed by atoms with van der Waals surface area (Å²) in [5, 5.41) is 0. The van der Waals surface area contributed by atoms with E-state index < -0.39 is 34.9 Å². The van der Waals surface area contributed by atoms with Gasteiger partial charge in [-0.3, -0.25) is 0 Å². The molecule has 2 aromatic carbocycles. The number of alkyl halides is 3. The molecule has 2 rings (SSSR count). The minimum absolute atomic E-state index is 0.139. The van der Waals surface area contributed by atoms with Crippen molar-refractivity contribution in [3.05, 3.63) is 65.2 Å². The van der Waals surface area contributed by atoms with Crippen LogP contribution >= 0.6 is 0 Å². The average molecular weight is 302 g/mol. The normalized spacial score (nSPS) is 11.3. The van der Waals surface area contributed by atoms with Crippen LogP contribution in [0.3, 0.4) is 0 Å². The lowest BCUT2D eigenvalue weighted by Crippen LogP contribution is -2.12. The highest BCUT2D eigenvalue weighted by molar-refractivity contribution is 5.91. The highest BCUT2D eigenvalue weighted by Crippen LogP contribution is 2.31. The Morgan fingerprint density at radius 1 is 1.00 bits per heavy atom. The summed E-state index contributed by atoms with van der Waals surface area (Å²) in [4.78, 5) is 11.6. The molecule has 0 amide bonds. The third kappa shape index (κ3) is 3.56. The van der Waals surface area contributed by atoms with Gasteiger partial charge in [0.2, 0.25) is 0 Å². The number of rotatable bonds is 2. The second-order valence-corrected chi connectivity index (χ2v) is 4.04. The first kappa shape index (κ1) is 15.0. The molecule has 0 fully saturated rings. The van der Waals surface area contributed by atoms with E-state index in [0.29, 0.717) is 12.1 Å². The van der Waals surface area contributed by atoms with Crippen LogP contribution in [-0.4, -0.2) is 5.97 Å². The predicted molar refractivity (Wildman–Crippen MR) is 62.8 cm³/mol. The summed E-state index contributed by atoms with van der Waals surface area (Å²) in [5.41, 5.74) is -1.89. The Kier molecular flexibility index (Phi) is 3.93. The quantitative estimate of drug-likeness (QED) is 0.472. The maximum Gasteiger partial charge on any atom is 0.419 e. The van der Waals surface area contributed by atoms with Crippen molar-refractivity contribution in [2.45, 2.75) is 6.18 Å². The molecule has 0 aliphatic rings. The lowest BCUT2D eigenvalue weighted by atomic mass is 10.1. The number of halogens is 5. The van der Waals surface area contributed by atoms with Crippen molar-refractivity contribution in [1.29, 1.82) is 0 Å². The van der Waals surface area contributed by atoms with Gasteiger partial charge in [-0.05, 0) is 30.3 Å². The minimum atomic E-state index is -4.85. The summed E-state index contributed by atoms with van der Waals surface area (Å²) in [6.07, 6.45) is -4.85. The van der Waals surface area contributed by atoms with Crippen molar-refractivity contribution in [2.24, 2.45) is 0 Å². The molecule has 0 aliphatic carbocycles. The van der Waals surface area contributed by atoms with Gasteiger partial charge >= 0.3 is 12.1 Å². The van der Waals surface area contributed by atoms with Gasteiger partial charge in [0.25, 0.3) is 0 Å². The van der Waals surface area contributed by atoms with E-state index in [2.05, 4.69) is 0 Å². The number of benzene rings is 2. The van der Waals surface area contributed by atoms with E-state index >= 15 is 0 Å². The Morgan fingerprint density at radius 2 is 1.71 bits per heavy atom. The van der Waals surface area contributed by atoms with E-state index in [-0.39, 0.29) is 5.75 Å². The third-order valence-corrected chi connectivity index (χ3v) is 2.52. The molecule has 0 saturated heterocycles. The lowest BCUT2D eigenvalue weighted by Gasteiger charge is -2.09. The smallest absolute Gasteiger partial charge is 0.419 e.